The normalized spacial score (nSPS) is 12.1. The molecule has 5 heteroatoms. The predicted octanol–water partition coefficient (Wildman–Crippen LogP) is 1.00. The van der Waals surface area contributed by atoms with Gasteiger partial charge in [0, 0.05) is 19.3 Å². The summed E-state index contributed by atoms with van der Waals surface area (Å²) in [5.41, 5.74) is 5.52. The summed E-state index contributed by atoms with van der Waals surface area (Å²) in [5, 5.41) is 12.0. The van der Waals surface area contributed by atoms with Crippen LogP contribution < -0.4 is 11.1 Å². The first-order chi connectivity index (χ1) is 8.13. The number of aliphatic hydroxyl groups is 1. The molecule has 1 aromatic rings. The van der Waals surface area contributed by atoms with Gasteiger partial charge in [-0.1, -0.05) is 6.92 Å². The van der Waals surface area contributed by atoms with Gasteiger partial charge < -0.3 is 16.2 Å². The number of hydrogen-bond donors (Lipinski definition) is 3. The van der Waals surface area contributed by atoms with Gasteiger partial charge in [0.15, 0.2) is 0 Å². The van der Waals surface area contributed by atoms with Crippen LogP contribution in [-0.4, -0.2) is 29.1 Å². The fourth-order valence-corrected chi connectivity index (χ4v) is 1.40. The van der Waals surface area contributed by atoms with E-state index < -0.39 is 5.91 Å². The van der Waals surface area contributed by atoms with Crippen LogP contribution in [0.15, 0.2) is 18.3 Å². The summed E-state index contributed by atoms with van der Waals surface area (Å²) >= 11 is 0. The van der Waals surface area contributed by atoms with E-state index in [2.05, 4.69) is 10.3 Å². The Morgan fingerprint density at radius 1 is 1.59 bits per heavy atom. The molecule has 0 aromatic carbocycles. The second-order valence-corrected chi connectivity index (χ2v) is 4.15. The fourth-order valence-electron chi connectivity index (χ4n) is 1.40. The van der Waals surface area contributed by atoms with Crippen LogP contribution in [0.3, 0.4) is 0 Å². The smallest absolute Gasteiger partial charge is 0.250 e. The average molecular weight is 237 g/mol. The van der Waals surface area contributed by atoms with Crippen LogP contribution in [0.2, 0.25) is 0 Å². The highest BCUT2D eigenvalue weighted by atomic mass is 16.3. The molecule has 17 heavy (non-hydrogen) atoms. The lowest BCUT2D eigenvalue weighted by Gasteiger charge is -2.08. The molecule has 4 N–H and O–H groups in total. The summed E-state index contributed by atoms with van der Waals surface area (Å²) in [6.07, 6.45) is 3.41. The molecule has 0 saturated heterocycles. The number of carbonyl (C=O) groups excluding carboxylic acids is 1. The summed E-state index contributed by atoms with van der Waals surface area (Å²) in [7, 11) is 0. The monoisotopic (exact) mass is 237 g/mol. The van der Waals surface area contributed by atoms with Crippen molar-refractivity contribution < 1.29 is 9.90 Å². The van der Waals surface area contributed by atoms with Gasteiger partial charge in [0.1, 0.15) is 5.82 Å². The number of aromatic nitrogens is 1. The molecular formula is C12H19N3O2. The first-order valence-corrected chi connectivity index (χ1v) is 5.74. The molecule has 0 bridgehead atoms. The third kappa shape index (κ3) is 4.82. The van der Waals surface area contributed by atoms with E-state index >= 15 is 0 Å². The number of rotatable bonds is 7. The molecule has 1 atom stereocenters. The third-order valence-corrected chi connectivity index (χ3v) is 2.54. The lowest BCUT2D eigenvalue weighted by atomic mass is 10.1. The van der Waals surface area contributed by atoms with E-state index in [0.29, 0.717) is 11.5 Å². The van der Waals surface area contributed by atoms with Gasteiger partial charge in [0.05, 0.1) is 5.56 Å². The largest absolute Gasteiger partial charge is 0.396 e. The number of nitrogens with zero attached hydrogens (tertiary/aromatic N) is 1. The maximum absolute atomic E-state index is 10.8. The maximum atomic E-state index is 10.8. The van der Waals surface area contributed by atoms with Crippen LogP contribution in [0.25, 0.3) is 0 Å². The molecule has 0 fully saturated rings. The van der Waals surface area contributed by atoms with E-state index in [-0.39, 0.29) is 6.61 Å². The van der Waals surface area contributed by atoms with Crippen molar-refractivity contribution in [2.45, 2.75) is 19.8 Å². The highest BCUT2D eigenvalue weighted by Crippen LogP contribution is 2.07. The molecule has 1 amide bonds. The molecule has 1 rings (SSSR count). The Labute approximate surface area is 101 Å². The number of nitrogens with one attached hydrogen (secondary N) is 1. The van der Waals surface area contributed by atoms with E-state index in [1.54, 1.807) is 12.1 Å². The summed E-state index contributed by atoms with van der Waals surface area (Å²) in [6.45, 7) is 3.04. The Balaban J connectivity index is 2.30. The molecule has 0 spiro atoms. The maximum Gasteiger partial charge on any atom is 0.250 e. The average Bonchev–Trinajstić information content (AvgIpc) is 2.34. The van der Waals surface area contributed by atoms with Gasteiger partial charge >= 0.3 is 0 Å². The van der Waals surface area contributed by atoms with Crippen LogP contribution in [-0.2, 0) is 0 Å². The SMILES string of the molecule is CC(CO)CCCNc1ccc(C(N)=O)cn1. The summed E-state index contributed by atoms with van der Waals surface area (Å²) < 4.78 is 0. The fraction of sp³-hybridized carbons (Fsp3) is 0.500. The van der Waals surface area contributed by atoms with Gasteiger partial charge in [-0.15, -0.1) is 0 Å². The van der Waals surface area contributed by atoms with Gasteiger partial charge in [-0.3, -0.25) is 4.79 Å². The summed E-state index contributed by atoms with van der Waals surface area (Å²) in [6, 6.07) is 3.38. The van der Waals surface area contributed by atoms with Crippen LogP contribution in [0, 0.1) is 5.92 Å². The van der Waals surface area contributed by atoms with E-state index in [0.717, 1.165) is 25.2 Å². The standard InChI is InChI=1S/C12H19N3O2/c1-9(8-16)3-2-6-14-11-5-4-10(7-15-11)12(13)17/h4-5,7,9,16H,2-3,6,8H2,1H3,(H2,13,17)(H,14,15). The van der Waals surface area contributed by atoms with Gasteiger partial charge in [0.2, 0.25) is 5.91 Å². The van der Waals surface area contributed by atoms with Crippen molar-refractivity contribution in [1.29, 1.82) is 0 Å². The number of carbonyl (C=O) groups is 1. The van der Waals surface area contributed by atoms with Gasteiger partial charge in [-0.05, 0) is 30.9 Å². The molecule has 0 aliphatic carbocycles. The Hall–Kier alpha value is -1.62. The summed E-state index contributed by atoms with van der Waals surface area (Å²) in [5.74, 6) is 0.592. The van der Waals surface area contributed by atoms with E-state index in [1.165, 1.54) is 6.20 Å². The summed E-state index contributed by atoms with van der Waals surface area (Å²) in [4.78, 5) is 14.9. The number of nitrogens with two attached hydrogens (primary N) is 1. The van der Waals surface area contributed by atoms with Crippen molar-refractivity contribution in [3.8, 4) is 0 Å². The lowest BCUT2D eigenvalue weighted by molar-refractivity contribution is 0.1000. The number of anilines is 1. The van der Waals surface area contributed by atoms with Crippen molar-refractivity contribution in [1.82, 2.24) is 4.98 Å². The third-order valence-electron chi connectivity index (χ3n) is 2.54. The second-order valence-electron chi connectivity index (χ2n) is 4.15. The Morgan fingerprint density at radius 2 is 2.35 bits per heavy atom. The van der Waals surface area contributed by atoms with E-state index in [4.69, 9.17) is 10.8 Å². The number of aliphatic hydroxyl groups excluding tert-OH is 1. The molecular weight excluding hydrogens is 218 g/mol. The molecule has 0 aliphatic rings. The molecule has 0 saturated carbocycles. The zero-order chi connectivity index (χ0) is 12.7. The zero-order valence-electron chi connectivity index (χ0n) is 10.0. The van der Waals surface area contributed by atoms with E-state index in [9.17, 15) is 4.79 Å². The minimum atomic E-state index is -0.471. The van der Waals surface area contributed by atoms with Crippen LogP contribution in [0.4, 0.5) is 5.82 Å². The van der Waals surface area contributed by atoms with Crippen molar-refractivity contribution >= 4 is 11.7 Å². The molecule has 1 aromatic heterocycles. The predicted molar refractivity (Wildman–Crippen MR) is 66.7 cm³/mol. The minimum absolute atomic E-state index is 0.228. The number of pyridine rings is 1. The zero-order valence-corrected chi connectivity index (χ0v) is 10.0. The van der Waals surface area contributed by atoms with Crippen LogP contribution in [0.5, 0.6) is 0 Å². The highest BCUT2D eigenvalue weighted by molar-refractivity contribution is 5.92. The highest BCUT2D eigenvalue weighted by Gasteiger charge is 2.01. The Bertz CT molecular complexity index is 351. The molecule has 1 unspecified atom stereocenters. The van der Waals surface area contributed by atoms with Gasteiger partial charge in [-0.25, -0.2) is 4.98 Å². The van der Waals surface area contributed by atoms with Gasteiger partial charge in [0.25, 0.3) is 0 Å². The molecule has 94 valence electrons. The van der Waals surface area contributed by atoms with Crippen molar-refractivity contribution in [2.24, 2.45) is 11.7 Å². The lowest BCUT2D eigenvalue weighted by Crippen LogP contribution is -2.12. The van der Waals surface area contributed by atoms with E-state index in [1.807, 2.05) is 6.92 Å². The first-order valence-electron chi connectivity index (χ1n) is 5.74. The van der Waals surface area contributed by atoms with Gasteiger partial charge in [-0.2, -0.15) is 0 Å². The first kappa shape index (κ1) is 13.4. The van der Waals surface area contributed by atoms with Crippen LogP contribution in [0.1, 0.15) is 30.1 Å². The Kier molecular flexibility index (Phi) is 5.42. The van der Waals surface area contributed by atoms with Crippen molar-refractivity contribution in [3.05, 3.63) is 23.9 Å². The number of hydrogen-bond acceptors (Lipinski definition) is 4. The minimum Gasteiger partial charge on any atom is -0.396 e. The van der Waals surface area contributed by atoms with Crippen molar-refractivity contribution in [3.63, 3.8) is 0 Å². The second kappa shape index (κ2) is 6.85. The molecule has 5 nitrogen and oxygen atoms in total. The van der Waals surface area contributed by atoms with Crippen LogP contribution >= 0.6 is 0 Å². The topological polar surface area (TPSA) is 88.2 Å². The number of amides is 1. The molecule has 0 aliphatic heterocycles. The quantitative estimate of drug-likeness (QED) is 0.617. The molecule has 1 heterocycles. The number of primary amides is 1. The Morgan fingerprint density at radius 3 is 2.88 bits per heavy atom. The molecule has 0 radical (unpaired) electrons. The van der Waals surface area contributed by atoms with Crippen molar-refractivity contribution in [2.75, 3.05) is 18.5 Å².